The number of halogens is 1. The molecule has 0 radical (unpaired) electrons. The maximum atomic E-state index is 13.1. The minimum atomic E-state index is -0.151. The van der Waals surface area contributed by atoms with Crippen LogP contribution >= 0.6 is 34.7 Å². The van der Waals surface area contributed by atoms with E-state index in [0.717, 1.165) is 16.7 Å². The number of hydrogen-bond donors (Lipinski definition) is 1. The summed E-state index contributed by atoms with van der Waals surface area (Å²) in [6, 6.07) is 17.1. The molecule has 0 aliphatic rings. The molecular formula is C23H20ClN3O2S2. The van der Waals surface area contributed by atoms with Crippen LogP contribution in [0.2, 0.25) is 5.02 Å². The Balaban J connectivity index is 1.54. The van der Waals surface area contributed by atoms with E-state index in [1.54, 1.807) is 13.1 Å². The van der Waals surface area contributed by atoms with E-state index in [4.69, 9.17) is 11.6 Å². The third-order valence-electron chi connectivity index (χ3n) is 4.95. The van der Waals surface area contributed by atoms with Crippen LogP contribution in [0.5, 0.6) is 0 Å². The lowest BCUT2D eigenvalue weighted by molar-refractivity contribution is -0.119. The zero-order chi connectivity index (χ0) is 22.0. The van der Waals surface area contributed by atoms with Crippen LogP contribution in [0, 0.1) is 0 Å². The highest BCUT2D eigenvalue weighted by atomic mass is 35.5. The normalized spacial score (nSPS) is 12.1. The number of nitrogens with one attached hydrogen (secondary N) is 1. The van der Waals surface area contributed by atoms with Crippen molar-refractivity contribution in [3.8, 4) is 11.1 Å². The van der Waals surface area contributed by atoms with Crippen LogP contribution in [-0.4, -0.2) is 21.2 Å². The van der Waals surface area contributed by atoms with Gasteiger partial charge in [-0.05, 0) is 18.6 Å². The Labute approximate surface area is 193 Å². The lowest BCUT2D eigenvalue weighted by Gasteiger charge is -2.14. The summed E-state index contributed by atoms with van der Waals surface area (Å²) >= 11 is 8.99. The van der Waals surface area contributed by atoms with Gasteiger partial charge < -0.3 is 5.32 Å². The molecule has 4 rings (SSSR count). The first-order chi connectivity index (χ1) is 15.0. The van der Waals surface area contributed by atoms with Gasteiger partial charge in [-0.1, -0.05) is 71.9 Å². The van der Waals surface area contributed by atoms with Gasteiger partial charge in [-0.25, -0.2) is 4.98 Å². The third-order valence-corrected chi connectivity index (χ3v) is 7.18. The standard InChI is InChI=1S/C23H20ClN3O2S2/c1-14(15-8-4-3-5-9-15)25-19(28)13-31-23-26-21-20(22(29)27(23)2)17(12-30-21)16-10-6-7-11-18(16)24/h3-12,14H,13H2,1-2H3,(H,25,28)/t14-/m0/s1. The van der Waals surface area contributed by atoms with Crippen molar-refractivity contribution in [1.29, 1.82) is 0 Å². The van der Waals surface area contributed by atoms with Crippen molar-refractivity contribution in [3.05, 3.63) is 80.9 Å². The van der Waals surface area contributed by atoms with Gasteiger partial charge in [0.2, 0.25) is 5.91 Å². The van der Waals surface area contributed by atoms with E-state index in [1.807, 2.05) is 60.8 Å². The van der Waals surface area contributed by atoms with Crippen LogP contribution in [0.4, 0.5) is 0 Å². The van der Waals surface area contributed by atoms with Crippen LogP contribution in [-0.2, 0) is 11.8 Å². The van der Waals surface area contributed by atoms with Crippen LogP contribution < -0.4 is 10.9 Å². The fourth-order valence-corrected chi connectivity index (χ4v) is 5.30. The largest absolute Gasteiger partial charge is 0.349 e. The number of carbonyl (C=O) groups is 1. The smallest absolute Gasteiger partial charge is 0.263 e. The van der Waals surface area contributed by atoms with Crippen molar-refractivity contribution in [2.75, 3.05) is 5.75 Å². The molecule has 0 aliphatic carbocycles. The summed E-state index contributed by atoms with van der Waals surface area (Å²) in [5.74, 6) is 0.0600. The average molecular weight is 470 g/mol. The number of aromatic nitrogens is 2. The summed E-state index contributed by atoms with van der Waals surface area (Å²) in [5.41, 5.74) is 2.48. The van der Waals surface area contributed by atoms with Gasteiger partial charge in [0.15, 0.2) is 5.16 Å². The van der Waals surface area contributed by atoms with Crippen molar-refractivity contribution in [3.63, 3.8) is 0 Å². The molecule has 1 N–H and O–H groups in total. The Morgan fingerprint density at radius 1 is 1.16 bits per heavy atom. The first-order valence-corrected chi connectivity index (χ1v) is 11.9. The summed E-state index contributed by atoms with van der Waals surface area (Å²) < 4.78 is 1.49. The maximum absolute atomic E-state index is 13.1. The minimum Gasteiger partial charge on any atom is -0.349 e. The molecule has 0 aliphatic heterocycles. The lowest BCUT2D eigenvalue weighted by atomic mass is 10.1. The highest BCUT2D eigenvalue weighted by Gasteiger charge is 2.18. The molecule has 5 nitrogen and oxygen atoms in total. The molecule has 0 unspecified atom stereocenters. The van der Waals surface area contributed by atoms with E-state index in [9.17, 15) is 9.59 Å². The Kier molecular flexibility index (Phi) is 6.46. The second-order valence-electron chi connectivity index (χ2n) is 7.06. The summed E-state index contributed by atoms with van der Waals surface area (Å²) in [4.78, 5) is 30.8. The second kappa shape index (κ2) is 9.26. The summed E-state index contributed by atoms with van der Waals surface area (Å²) in [6.45, 7) is 1.94. The van der Waals surface area contributed by atoms with E-state index in [-0.39, 0.29) is 23.3 Å². The Bertz CT molecular complexity index is 1300. The van der Waals surface area contributed by atoms with Gasteiger partial charge in [0.1, 0.15) is 4.83 Å². The average Bonchev–Trinajstić information content (AvgIpc) is 3.20. The molecule has 0 bridgehead atoms. The number of fused-ring (bicyclic) bond motifs is 1. The predicted molar refractivity (Wildman–Crippen MR) is 129 cm³/mol. The van der Waals surface area contributed by atoms with Gasteiger partial charge in [0, 0.05) is 28.6 Å². The summed E-state index contributed by atoms with van der Waals surface area (Å²) in [6.07, 6.45) is 0. The highest BCUT2D eigenvalue weighted by molar-refractivity contribution is 7.99. The minimum absolute atomic E-state index is 0.0935. The second-order valence-corrected chi connectivity index (χ2v) is 9.26. The molecule has 2 aromatic heterocycles. The van der Waals surface area contributed by atoms with Crippen LogP contribution in [0.15, 0.2) is 69.9 Å². The Hall–Kier alpha value is -2.61. The van der Waals surface area contributed by atoms with Crippen molar-refractivity contribution < 1.29 is 4.79 Å². The van der Waals surface area contributed by atoms with E-state index >= 15 is 0 Å². The Morgan fingerprint density at radius 2 is 1.87 bits per heavy atom. The fourth-order valence-electron chi connectivity index (χ4n) is 3.30. The fraction of sp³-hybridized carbons (Fsp3) is 0.174. The van der Waals surface area contributed by atoms with Gasteiger partial charge in [0.25, 0.3) is 5.56 Å². The van der Waals surface area contributed by atoms with Gasteiger partial charge in [-0.15, -0.1) is 11.3 Å². The topological polar surface area (TPSA) is 64.0 Å². The number of nitrogens with zero attached hydrogens (tertiary/aromatic N) is 2. The molecule has 2 heterocycles. The van der Waals surface area contributed by atoms with Gasteiger partial charge in [-0.2, -0.15) is 0 Å². The SMILES string of the molecule is C[C@H](NC(=O)CSc1nc2scc(-c3ccccc3Cl)c2c(=O)n1C)c1ccccc1. The first kappa shape index (κ1) is 21.6. The van der Waals surface area contributed by atoms with Crippen LogP contribution in [0.3, 0.4) is 0 Å². The third kappa shape index (κ3) is 4.54. The summed E-state index contributed by atoms with van der Waals surface area (Å²) in [7, 11) is 1.68. The van der Waals surface area contributed by atoms with Crippen molar-refractivity contribution in [2.24, 2.45) is 7.05 Å². The van der Waals surface area contributed by atoms with E-state index < -0.39 is 0 Å². The number of benzene rings is 2. The molecule has 4 aromatic rings. The van der Waals surface area contributed by atoms with E-state index in [1.165, 1.54) is 27.7 Å². The molecule has 8 heteroatoms. The van der Waals surface area contributed by atoms with E-state index in [2.05, 4.69) is 10.3 Å². The molecule has 2 aromatic carbocycles. The molecule has 1 amide bonds. The molecular weight excluding hydrogens is 450 g/mol. The molecule has 0 saturated carbocycles. The van der Waals surface area contributed by atoms with Gasteiger partial charge in [0.05, 0.1) is 17.2 Å². The monoisotopic (exact) mass is 469 g/mol. The van der Waals surface area contributed by atoms with Crippen LogP contribution in [0.1, 0.15) is 18.5 Å². The first-order valence-electron chi connectivity index (χ1n) is 9.66. The van der Waals surface area contributed by atoms with Crippen LogP contribution in [0.25, 0.3) is 21.3 Å². The molecule has 0 saturated heterocycles. The number of rotatable bonds is 6. The number of amides is 1. The molecule has 0 spiro atoms. The molecule has 31 heavy (non-hydrogen) atoms. The molecule has 158 valence electrons. The molecule has 1 atom stereocenters. The number of hydrogen-bond acceptors (Lipinski definition) is 5. The number of thioether (sulfide) groups is 1. The van der Waals surface area contributed by atoms with Crippen molar-refractivity contribution in [1.82, 2.24) is 14.9 Å². The maximum Gasteiger partial charge on any atom is 0.263 e. The van der Waals surface area contributed by atoms with Gasteiger partial charge in [-0.3, -0.25) is 14.2 Å². The van der Waals surface area contributed by atoms with Gasteiger partial charge >= 0.3 is 0 Å². The zero-order valence-corrected chi connectivity index (χ0v) is 19.4. The highest BCUT2D eigenvalue weighted by Crippen LogP contribution is 2.35. The number of thiophene rings is 1. The van der Waals surface area contributed by atoms with Crippen molar-refractivity contribution >= 4 is 50.8 Å². The van der Waals surface area contributed by atoms with Crippen molar-refractivity contribution in [2.45, 2.75) is 18.1 Å². The quantitative estimate of drug-likeness (QED) is 0.308. The van der Waals surface area contributed by atoms with E-state index in [0.29, 0.717) is 20.4 Å². The predicted octanol–water partition coefficient (Wildman–Crippen LogP) is 5.28. The number of carbonyl (C=O) groups excluding carboxylic acids is 1. The Morgan fingerprint density at radius 3 is 2.61 bits per heavy atom. The zero-order valence-electron chi connectivity index (χ0n) is 17.0. The lowest BCUT2D eigenvalue weighted by Crippen LogP contribution is -2.28. The molecule has 0 fully saturated rings. The summed E-state index contributed by atoms with van der Waals surface area (Å²) in [5, 5.41) is 6.53.